The molecule has 4 unspecified atom stereocenters. The number of piperazine rings is 1. The van der Waals surface area contributed by atoms with Crippen molar-refractivity contribution >= 4 is 17.6 Å². The van der Waals surface area contributed by atoms with Crippen molar-refractivity contribution in [3.05, 3.63) is 125 Å². The van der Waals surface area contributed by atoms with Crippen LogP contribution in [-0.4, -0.2) is 80.9 Å². The average molecular weight is 634 g/mol. The lowest BCUT2D eigenvalue weighted by atomic mass is 9.76. The van der Waals surface area contributed by atoms with Gasteiger partial charge in [-0.1, -0.05) is 42.5 Å². The van der Waals surface area contributed by atoms with E-state index in [1.807, 2.05) is 59.5 Å². The highest BCUT2D eigenvalue weighted by molar-refractivity contribution is 6.04. The summed E-state index contributed by atoms with van der Waals surface area (Å²) in [5.74, 6) is -0.227. The molecular formula is C38H39N3O6. The van der Waals surface area contributed by atoms with Gasteiger partial charge in [0.15, 0.2) is 5.78 Å². The predicted molar refractivity (Wildman–Crippen MR) is 178 cm³/mol. The molecule has 2 heterocycles. The summed E-state index contributed by atoms with van der Waals surface area (Å²) < 4.78 is 16.3. The first-order valence-electron chi connectivity index (χ1n) is 15.8. The van der Waals surface area contributed by atoms with Crippen molar-refractivity contribution < 1.29 is 28.6 Å². The highest BCUT2D eigenvalue weighted by atomic mass is 16.5. The van der Waals surface area contributed by atoms with E-state index in [-0.39, 0.29) is 17.6 Å². The molecule has 2 aliphatic heterocycles. The van der Waals surface area contributed by atoms with E-state index in [0.717, 1.165) is 11.1 Å². The third-order valence-corrected chi connectivity index (χ3v) is 9.24. The second-order valence-electron chi connectivity index (χ2n) is 11.7. The van der Waals surface area contributed by atoms with Gasteiger partial charge in [-0.3, -0.25) is 14.4 Å². The molecule has 0 saturated carbocycles. The minimum atomic E-state index is -0.964. The first-order chi connectivity index (χ1) is 22.9. The second kappa shape index (κ2) is 14.1. The predicted octanol–water partition coefficient (Wildman–Crippen LogP) is 4.99. The lowest BCUT2D eigenvalue weighted by Gasteiger charge is -2.36. The van der Waals surface area contributed by atoms with Crippen molar-refractivity contribution in [1.82, 2.24) is 15.1 Å². The van der Waals surface area contributed by atoms with E-state index in [4.69, 9.17) is 14.2 Å². The molecule has 9 nitrogen and oxygen atoms in total. The number of methoxy groups -OCH3 is 3. The Balaban J connectivity index is 1.60. The van der Waals surface area contributed by atoms with Gasteiger partial charge in [-0.15, -0.1) is 0 Å². The Morgan fingerprint density at radius 2 is 1.15 bits per heavy atom. The molecule has 4 aromatic carbocycles. The van der Waals surface area contributed by atoms with Gasteiger partial charge in [0.05, 0.1) is 33.3 Å². The average Bonchev–Trinajstić information content (AvgIpc) is 3.50. The van der Waals surface area contributed by atoms with Gasteiger partial charge >= 0.3 is 0 Å². The third-order valence-electron chi connectivity index (χ3n) is 9.24. The van der Waals surface area contributed by atoms with Gasteiger partial charge in [-0.05, 0) is 71.8 Å². The van der Waals surface area contributed by atoms with Crippen molar-refractivity contribution in [3.63, 3.8) is 0 Å². The number of ketones is 1. The summed E-state index contributed by atoms with van der Waals surface area (Å²) in [7, 11) is 4.76. The van der Waals surface area contributed by atoms with Crippen molar-refractivity contribution in [2.75, 3.05) is 47.5 Å². The monoisotopic (exact) mass is 633 g/mol. The molecule has 0 spiro atoms. The van der Waals surface area contributed by atoms with Gasteiger partial charge in [-0.2, -0.15) is 0 Å². The van der Waals surface area contributed by atoms with Crippen LogP contribution in [0.4, 0.5) is 0 Å². The molecule has 47 heavy (non-hydrogen) atoms. The fraction of sp³-hybridized carbons (Fsp3) is 0.289. The van der Waals surface area contributed by atoms with E-state index < -0.39 is 23.9 Å². The number of nitrogens with one attached hydrogen (secondary N) is 1. The lowest BCUT2D eigenvalue weighted by molar-refractivity contribution is -0.136. The van der Waals surface area contributed by atoms with Gasteiger partial charge in [0, 0.05) is 43.2 Å². The Bertz CT molecular complexity index is 1690. The van der Waals surface area contributed by atoms with Gasteiger partial charge in [0.25, 0.3) is 5.91 Å². The Hall–Kier alpha value is -5.15. The van der Waals surface area contributed by atoms with Crippen LogP contribution in [0.3, 0.4) is 0 Å². The Morgan fingerprint density at radius 1 is 0.638 bits per heavy atom. The zero-order valence-electron chi connectivity index (χ0n) is 26.8. The molecule has 2 saturated heterocycles. The fourth-order valence-corrected chi connectivity index (χ4v) is 6.88. The number of carbonyl (C=O) groups is 3. The number of carbonyl (C=O) groups excluding carboxylic acids is 3. The normalized spacial score (nSPS) is 20.8. The highest BCUT2D eigenvalue weighted by Gasteiger charge is 2.58. The van der Waals surface area contributed by atoms with Gasteiger partial charge in [0.1, 0.15) is 23.3 Å². The molecule has 6 rings (SSSR count). The number of hydrogen-bond acceptors (Lipinski definition) is 7. The van der Waals surface area contributed by atoms with Crippen LogP contribution in [0.25, 0.3) is 0 Å². The summed E-state index contributed by atoms with van der Waals surface area (Å²) >= 11 is 0. The van der Waals surface area contributed by atoms with Gasteiger partial charge in [-0.25, -0.2) is 0 Å². The molecule has 0 bridgehead atoms. The molecule has 9 heteroatoms. The number of nitrogens with zero attached hydrogens (tertiary/aromatic N) is 2. The van der Waals surface area contributed by atoms with E-state index in [0.29, 0.717) is 54.6 Å². The number of rotatable bonds is 9. The zero-order chi connectivity index (χ0) is 32.9. The highest BCUT2D eigenvalue weighted by Crippen LogP contribution is 2.52. The van der Waals surface area contributed by atoms with Crippen LogP contribution in [0, 0.1) is 5.92 Å². The molecular weight excluding hydrogens is 594 g/mol. The number of benzene rings is 4. The maximum absolute atomic E-state index is 14.9. The van der Waals surface area contributed by atoms with Crippen molar-refractivity contribution in [2.45, 2.75) is 18.0 Å². The Kier molecular flexibility index (Phi) is 9.54. The quantitative estimate of drug-likeness (QED) is 0.260. The van der Waals surface area contributed by atoms with E-state index in [1.54, 1.807) is 74.8 Å². The van der Waals surface area contributed by atoms with E-state index in [9.17, 15) is 14.4 Å². The maximum atomic E-state index is 14.9. The first-order valence-corrected chi connectivity index (χ1v) is 15.8. The smallest absolute Gasteiger partial charge is 0.255 e. The second-order valence-corrected chi connectivity index (χ2v) is 11.7. The molecule has 2 fully saturated rings. The topological polar surface area (TPSA) is 97.4 Å². The number of ether oxygens (including phenoxy) is 3. The lowest BCUT2D eigenvalue weighted by Crippen LogP contribution is -2.54. The Morgan fingerprint density at radius 3 is 1.68 bits per heavy atom. The third kappa shape index (κ3) is 6.31. The van der Waals surface area contributed by atoms with Crippen LogP contribution in [0.2, 0.25) is 0 Å². The minimum Gasteiger partial charge on any atom is -0.497 e. The Labute approximate surface area is 275 Å². The van der Waals surface area contributed by atoms with Crippen LogP contribution in [-0.2, 0) is 4.79 Å². The maximum Gasteiger partial charge on any atom is 0.255 e. The van der Waals surface area contributed by atoms with Crippen LogP contribution in [0.5, 0.6) is 17.2 Å². The molecule has 242 valence electrons. The fourth-order valence-electron chi connectivity index (χ4n) is 6.88. The first kappa shape index (κ1) is 31.8. The van der Waals surface area contributed by atoms with E-state index in [2.05, 4.69) is 5.32 Å². The zero-order valence-corrected chi connectivity index (χ0v) is 26.8. The molecule has 0 radical (unpaired) electrons. The van der Waals surface area contributed by atoms with Gasteiger partial charge < -0.3 is 29.3 Å². The van der Waals surface area contributed by atoms with Crippen molar-refractivity contribution in [1.29, 1.82) is 0 Å². The SMILES string of the molecule is COc1ccc(C(=O)C2C(c3ccc(OC)cc3)C(C(=O)N3CCNCC3)N(C(=O)c3ccccc3)C2c2ccc(OC)cc2)cc1. The van der Waals surface area contributed by atoms with Crippen LogP contribution >= 0.6 is 0 Å². The molecule has 1 N–H and O–H groups in total. The van der Waals surface area contributed by atoms with E-state index in [1.165, 1.54) is 0 Å². The van der Waals surface area contributed by atoms with Crippen LogP contribution in [0.1, 0.15) is 43.8 Å². The number of likely N-dealkylation sites (tertiary alicyclic amines) is 1. The summed E-state index contributed by atoms with van der Waals surface area (Å²) in [5, 5.41) is 3.31. The summed E-state index contributed by atoms with van der Waals surface area (Å²) in [6, 6.07) is 29.1. The largest absolute Gasteiger partial charge is 0.497 e. The molecule has 2 aliphatic rings. The number of amides is 2. The van der Waals surface area contributed by atoms with E-state index >= 15 is 0 Å². The molecule has 0 aliphatic carbocycles. The van der Waals surface area contributed by atoms with Crippen molar-refractivity contribution in [2.24, 2.45) is 5.92 Å². The van der Waals surface area contributed by atoms with Crippen molar-refractivity contribution in [3.8, 4) is 17.2 Å². The number of hydrogen-bond donors (Lipinski definition) is 1. The molecule has 0 aromatic heterocycles. The molecule has 2 amide bonds. The number of Topliss-reactive ketones (excluding diaryl/α,β-unsaturated/α-hetero) is 1. The minimum absolute atomic E-state index is 0.171. The summed E-state index contributed by atoms with van der Waals surface area (Å²) in [6.07, 6.45) is 0. The summed E-state index contributed by atoms with van der Waals surface area (Å²) in [5.41, 5.74) is 2.41. The summed E-state index contributed by atoms with van der Waals surface area (Å²) in [6.45, 7) is 2.30. The summed E-state index contributed by atoms with van der Waals surface area (Å²) in [4.78, 5) is 48.1. The standard InChI is InChI=1S/C38H39N3O6/c1-45-29-15-9-25(10-16-29)32-33(36(42)27-13-19-31(47-3)20-14-27)34(26-11-17-30(46-2)18-12-26)41(37(43)28-7-5-4-6-8-28)35(32)38(44)40-23-21-39-22-24-40/h4-20,32-35,39H,21-24H2,1-3H3. The van der Waals surface area contributed by atoms with Gasteiger partial charge in [0.2, 0.25) is 5.91 Å². The molecule has 4 aromatic rings. The molecule has 4 atom stereocenters. The van der Waals surface area contributed by atoms with Crippen LogP contribution < -0.4 is 19.5 Å². The van der Waals surface area contributed by atoms with Crippen LogP contribution in [0.15, 0.2) is 103 Å².